The highest BCUT2D eigenvalue weighted by Gasteiger charge is 2.21. The fourth-order valence-corrected chi connectivity index (χ4v) is 3.49. The van der Waals surface area contributed by atoms with Crippen molar-refractivity contribution in [2.75, 3.05) is 38.1 Å². The SMILES string of the molecule is CN=C(NCCNC(=O)C(C)(C)C)NC1CCN(c2cccs2)CC1. The molecule has 1 amide bonds. The van der Waals surface area contributed by atoms with E-state index in [1.165, 1.54) is 5.00 Å². The minimum Gasteiger partial charge on any atom is -0.363 e. The van der Waals surface area contributed by atoms with Gasteiger partial charge in [0.1, 0.15) is 0 Å². The van der Waals surface area contributed by atoms with E-state index in [0.717, 1.165) is 31.9 Å². The van der Waals surface area contributed by atoms with E-state index in [2.05, 4.69) is 43.4 Å². The minimum absolute atomic E-state index is 0.0678. The molecule has 0 spiro atoms. The summed E-state index contributed by atoms with van der Waals surface area (Å²) >= 11 is 1.80. The van der Waals surface area contributed by atoms with Gasteiger partial charge in [-0.15, -0.1) is 11.3 Å². The second-order valence-electron chi connectivity index (χ2n) is 7.36. The fourth-order valence-electron chi connectivity index (χ4n) is 2.70. The summed E-state index contributed by atoms with van der Waals surface area (Å²) in [4.78, 5) is 18.6. The zero-order valence-electron chi connectivity index (χ0n) is 15.8. The van der Waals surface area contributed by atoms with Gasteiger partial charge < -0.3 is 20.9 Å². The normalized spacial score (nSPS) is 16.6. The van der Waals surface area contributed by atoms with Crippen LogP contribution in [0.1, 0.15) is 33.6 Å². The second kappa shape index (κ2) is 9.08. The highest BCUT2D eigenvalue weighted by molar-refractivity contribution is 7.14. The summed E-state index contributed by atoms with van der Waals surface area (Å²) in [5, 5.41) is 13.2. The molecule has 0 aromatic carbocycles. The number of nitrogens with one attached hydrogen (secondary N) is 3. The number of thiophene rings is 1. The Balaban J connectivity index is 1.66. The van der Waals surface area contributed by atoms with E-state index >= 15 is 0 Å². The average molecular weight is 366 g/mol. The predicted molar refractivity (Wildman–Crippen MR) is 107 cm³/mol. The molecule has 3 N–H and O–H groups in total. The molecule has 0 bridgehead atoms. The lowest BCUT2D eigenvalue weighted by Gasteiger charge is -2.33. The van der Waals surface area contributed by atoms with Crippen LogP contribution in [0.3, 0.4) is 0 Å². The lowest BCUT2D eigenvalue weighted by Crippen LogP contribution is -2.50. The van der Waals surface area contributed by atoms with Crippen molar-refractivity contribution in [1.82, 2.24) is 16.0 Å². The maximum absolute atomic E-state index is 11.8. The van der Waals surface area contributed by atoms with Gasteiger partial charge in [0, 0.05) is 44.7 Å². The van der Waals surface area contributed by atoms with Gasteiger partial charge in [-0.05, 0) is 30.4 Å². The van der Waals surface area contributed by atoms with Crippen molar-refractivity contribution in [2.45, 2.75) is 39.7 Å². The zero-order chi connectivity index (χ0) is 18.3. The molecule has 7 heteroatoms. The Kier molecular flexibility index (Phi) is 7.11. The fraction of sp³-hybridized carbons (Fsp3) is 0.667. The molecule has 1 saturated heterocycles. The number of hydrogen-bond donors (Lipinski definition) is 3. The molecule has 0 radical (unpaired) electrons. The number of aliphatic imine (C=N–C) groups is 1. The van der Waals surface area contributed by atoms with Gasteiger partial charge in [0.05, 0.1) is 5.00 Å². The van der Waals surface area contributed by atoms with Gasteiger partial charge in [-0.3, -0.25) is 9.79 Å². The molecule has 0 atom stereocenters. The van der Waals surface area contributed by atoms with E-state index in [1.54, 1.807) is 18.4 Å². The van der Waals surface area contributed by atoms with Gasteiger partial charge in [0.15, 0.2) is 5.96 Å². The molecule has 1 aliphatic heterocycles. The van der Waals surface area contributed by atoms with Gasteiger partial charge in [-0.1, -0.05) is 20.8 Å². The maximum atomic E-state index is 11.8. The number of amides is 1. The smallest absolute Gasteiger partial charge is 0.225 e. The number of anilines is 1. The first kappa shape index (κ1) is 19.6. The number of piperidine rings is 1. The van der Waals surface area contributed by atoms with Crippen molar-refractivity contribution in [2.24, 2.45) is 10.4 Å². The summed E-state index contributed by atoms with van der Waals surface area (Å²) < 4.78 is 0. The second-order valence-corrected chi connectivity index (χ2v) is 8.29. The monoisotopic (exact) mass is 365 g/mol. The summed E-state index contributed by atoms with van der Waals surface area (Å²) in [5.41, 5.74) is -0.351. The average Bonchev–Trinajstić information content (AvgIpc) is 3.11. The topological polar surface area (TPSA) is 68.8 Å². The molecule has 0 aliphatic carbocycles. The number of carbonyl (C=O) groups excluding carboxylic acids is 1. The largest absolute Gasteiger partial charge is 0.363 e. The Bertz CT molecular complexity index is 557. The van der Waals surface area contributed by atoms with Crippen molar-refractivity contribution in [1.29, 1.82) is 0 Å². The van der Waals surface area contributed by atoms with Crippen LogP contribution >= 0.6 is 11.3 Å². The van der Waals surface area contributed by atoms with E-state index in [4.69, 9.17) is 0 Å². The Morgan fingerprint density at radius 2 is 1.96 bits per heavy atom. The first-order valence-electron chi connectivity index (χ1n) is 8.94. The van der Waals surface area contributed by atoms with Gasteiger partial charge in [0.25, 0.3) is 0 Å². The molecule has 1 aliphatic rings. The number of rotatable bonds is 5. The van der Waals surface area contributed by atoms with Crippen LogP contribution < -0.4 is 20.9 Å². The highest BCUT2D eigenvalue weighted by Crippen LogP contribution is 2.24. The summed E-state index contributed by atoms with van der Waals surface area (Å²) in [6, 6.07) is 4.73. The van der Waals surface area contributed by atoms with Gasteiger partial charge in [0.2, 0.25) is 5.91 Å². The molecule has 2 heterocycles. The third kappa shape index (κ3) is 6.23. The van der Waals surface area contributed by atoms with Crippen LogP contribution in [0.2, 0.25) is 0 Å². The van der Waals surface area contributed by atoms with Gasteiger partial charge in [-0.2, -0.15) is 0 Å². The molecular weight excluding hydrogens is 334 g/mol. The van der Waals surface area contributed by atoms with E-state index in [1.807, 2.05) is 20.8 Å². The van der Waals surface area contributed by atoms with E-state index < -0.39 is 0 Å². The summed E-state index contributed by atoms with van der Waals surface area (Å²) in [6.07, 6.45) is 2.19. The number of nitrogens with zero attached hydrogens (tertiary/aromatic N) is 2. The van der Waals surface area contributed by atoms with Crippen LogP contribution in [-0.2, 0) is 4.79 Å². The first-order valence-corrected chi connectivity index (χ1v) is 9.82. The molecule has 6 nitrogen and oxygen atoms in total. The van der Waals surface area contributed by atoms with E-state index in [9.17, 15) is 4.79 Å². The van der Waals surface area contributed by atoms with E-state index in [0.29, 0.717) is 19.1 Å². The highest BCUT2D eigenvalue weighted by atomic mass is 32.1. The van der Waals surface area contributed by atoms with Crippen LogP contribution in [0.15, 0.2) is 22.5 Å². The molecular formula is C18H31N5OS. The molecule has 1 aromatic rings. The summed E-state index contributed by atoms with van der Waals surface area (Å²) in [7, 11) is 1.78. The van der Waals surface area contributed by atoms with Crippen LogP contribution in [-0.4, -0.2) is 51.1 Å². The van der Waals surface area contributed by atoms with Crippen molar-refractivity contribution in [3.05, 3.63) is 17.5 Å². The molecule has 140 valence electrons. The van der Waals surface area contributed by atoms with Gasteiger partial charge in [-0.25, -0.2) is 0 Å². The molecule has 1 aromatic heterocycles. The van der Waals surface area contributed by atoms with Crippen LogP contribution in [0, 0.1) is 5.41 Å². The minimum atomic E-state index is -0.351. The molecule has 0 unspecified atom stereocenters. The van der Waals surface area contributed by atoms with Gasteiger partial charge >= 0.3 is 0 Å². The maximum Gasteiger partial charge on any atom is 0.225 e. The Hall–Kier alpha value is -1.76. The Labute approximate surface area is 155 Å². The van der Waals surface area contributed by atoms with E-state index in [-0.39, 0.29) is 11.3 Å². The number of carbonyl (C=O) groups is 1. The van der Waals surface area contributed by atoms with Crippen LogP contribution in [0.4, 0.5) is 5.00 Å². The molecule has 0 saturated carbocycles. The van der Waals surface area contributed by atoms with Crippen molar-refractivity contribution < 1.29 is 4.79 Å². The standard InChI is InChI=1S/C18H31N5OS/c1-18(2,3)16(24)20-9-10-21-17(19-4)22-14-7-11-23(12-8-14)15-6-5-13-25-15/h5-6,13-14H,7-12H2,1-4H3,(H,20,24)(H2,19,21,22). The van der Waals surface area contributed by atoms with Crippen molar-refractivity contribution in [3.8, 4) is 0 Å². The molecule has 2 rings (SSSR count). The third-order valence-electron chi connectivity index (χ3n) is 4.26. The molecule has 1 fully saturated rings. The van der Waals surface area contributed by atoms with Crippen LogP contribution in [0.25, 0.3) is 0 Å². The quantitative estimate of drug-likeness (QED) is 0.424. The Morgan fingerprint density at radius 1 is 1.28 bits per heavy atom. The predicted octanol–water partition coefficient (Wildman–Crippen LogP) is 2.04. The molecule has 25 heavy (non-hydrogen) atoms. The lowest BCUT2D eigenvalue weighted by molar-refractivity contribution is -0.128. The van der Waals surface area contributed by atoms with Crippen LogP contribution in [0.5, 0.6) is 0 Å². The lowest BCUT2D eigenvalue weighted by atomic mass is 9.96. The van der Waals surface area contributed by atoms with Crippen molar-refractivity contribution >= 4 is 28.2 Å². The first-order chi connectivity index (χ1) is 11.9. The number of hydrogen-bond acceptors (Lipinski definition) is 4. The number of guanidine groups is 1. The summed E-state index contributed by atoms with van der Waals surface area (Å²) in [6.45, 7) is 9.13. The third-order valence-corrected chi connectivity index (χ3v) is 5.19. The zero-order valence-corrected chi connectivity index (χ0v) is 16.6. The van der Waals surface area contributed by atoms with Crippen molar-refractivity contribution in [3.63, 3.8) is 0 Å². The summed E-state index contributed by atoms with van der Waals surface area (Å²) in [5.74, 6) is 0.873. The Morgan fingerprint density at radius 3 is 2.52 bits per heavy atom.